The molecule has 0 aliphatic carbocycles. The van der Waals surface area contributed by atoms with Gasteiger partial charge in [-0.25, -0.2) is 9.37 Å². The lowest BCUT2D eigenvalue weighted by Gasteiger charge is -2.02. The van der Waals surface area contributed by atoms with Gasteiger partial charge < -0.3 is 9.72 Å². The fourth-order valence-corrected chi connectivity index (χ4v) is 2.21. The quantitative estimate of drug-likeness (QED) is 0.797. The van der Waals surface area contributed by atoms with Crippen molar-refractivity contribution >= 4 is 17.2 Å². The summed E-state index contributed by atoms with van der Waals surface area (Å²) in [6.45, 7) is 1.32. The standard InChI is InChI=1S/C15H13ClFN3/c16-12-3-6-15-19-14(10-20(15)9-12)8-18-7-11-1-4-13(17)5-2-11/h1-6,9-10,18H,7-8H2. The second kappa shape index (κ2) is 5.61. The average molecular weight is 290 g/mol. The molecule has 2 aromatic heterocycles. The zero-order chi connectivity index (χ0) is 13.9. The van der Waals surface area contributed by atoms with Crippen LogP contribution in [0.4, 0.5) is 4.39 Å². The van der Waals surface area contributed by atoms with E-state index in [1.807, 2.05) is 28.9 Å². The molecule has 20 heavy (non-hydrogen) atoms. The van der Waals surface area contributed by atoms with Gasteiger partial charge in [-0.1, -0.05) is 23.7 Å². The molecule has 3 nitrogen and oxygen atoms in total. The van der Waals surface area contributed by atoms with E-state index < -0.39 is 0 Å². The van der Waals surface area contributed by atoms with Crippen molar-refractivity contribution in [2.45, 2.75) is 13.1 Å². The predicted molar refractivity (Wildman–Crippen MR) is 77.1 cm³/mol. The Kier molecular flexibility index (Phi) is 3.67. The van der Waals surface area contributed by atoms with Gasteiger partial charge in [0.2, 0.25) is 0 Å². The van der Waals surface area contributed by atoms with Crippen LogP contribution < -0.4 is 5.32 Å². The predicted octanol–water partition coefficient (Wildman–Crippen LogP) is 3.42. The Labute approximate surface area is 121 Å². The summed E-state index contributed by atoms with van der Waals surface area (Å²) in [5.74, 6) is -0.217. The number of fused-ring (bicyclic) bond motifs is 1. The van der Waals surface area contributed by atoms with Gasteiger partial charge in [0.05, 0.1) is 10.7 Å². The van der Waals surface area contributed by atoms with Crippen molar-refractivity contribution in [3.63, 3.8) is 0 Å². The fraction of sp³-hybridized carbons (Fsp3) is 0.133. The van der Waals surface area contributed by atoms with Crippen LogP contribution >= 0.6 is 11.6 Å². The van der Waals surface area contributed by atoms with Gasteiger partial charge >= 0.3 is 0 Å². The van der Waals surface area contributed by atoms with E-state index in [1.165, 1.54) is 12.1 Å². The second-order valence-corrected chi connectivity index (χ2v) is 5.01. The van der Waals surface area contributed by atoms with Crippen molar-refractivity contribution in [1.29, 1.82) is 0 Å². The van der Waals surface area contributed by atoms with Gasteiger partial charge in [0.1, 0.15) is 11.5 Å². The van der Waals surface area contributed by atoms with Gasteiger partial charge in [-0.05, 0) is 29.8 Å². The van der Waals surface area contributed by atoms with Gasteiger partial charge in [-0.2, -0.15) is 0 Å². The van der Waals surface area contributed by atoms with Crippen LogP contribution in [0.5, 0.6) is 0 Å². The zero-order valence-electron chi connectivity index (χ0n) is 10.7. The van der Waals surface area contributed by atoms with Crippen molar-refractivity contribution in [2.24, 2.45) is 0 Å². The van der Waals surface area contributed by atoms with Crippen LogP contribution in [-0.2, 0) is 13.1 Å². The van der Waals surface area contributed by atoms with E-state index in [4.69, 9.17) is 11.6 Å². The number of rotatable bonds is 4. The van der Waals surface area contributed by atoms with Gasteiger partial charge in [-0.3, -0.25) is 0 Å². The molecule has 0 spiro atoms. The van der Waals surface area contributed by atoms with Crippen molar-refractivity contribution in [3.05, 3.63) is 70.9 Å². The lowest BCUT2D eigenvalue weighted by Crippen LogP contribution is -2.12. The van der Waals surface area contributed by atoms with Gasteiger partial charge in [-0.15, -0.1) is 0 Å². The number of nitrogens with one attached hydrogen (secondary N) is 1. The highest BCUT2D eigenvalue weighted by molar-refractivity contribution is 6.30. The molecule has 0 saturated carbocycles. The summed E-state index contributed by atoms with van der Waals surface area (Å²) in [4.78, 5) is 4.48. The van der Waals surface area contributed by atoms with Crippen LogP contribution in [0.3, 0.4) is 0 Å². The molecule has 0 radical (unpaired) electrons. The summed E-state index contributed by atoms with van der Waals surface area (Å²) >= 11 is 5.93. The number of nitrogens with zero attached hydrogens (tertiary/aromatic N) is 2. The van der Waals surface area contributed by atoms with Gasteiger partial charge in [0, 0.05) is 25.5 Å². The Morgan fingerprint density at radius 1 is 1.05 bits per heavy atom. The van der Waals surface area contributed by atoms with E-state index in [2.05, 4.69) is 10.3 Å². The Morgan fingerprint density at radius 3 is 2.65 bits per heavy atom. The van der Waals surface area contributed by atoms with Crippen LogP contribution in [0, 0.1) is 5.82 Å². The van der Waals surface area contributed by atoms with E-state index in [1.54, 1.807) is 12.1 Å². The minimum atomic E-state index is -0.217. The van der Waals surface area contributed by atoms with E-state index in [-0.39, 0.29) is 5.82 Å². The summed E-state index contributed by atoms with van der Waals surface area (Å²) < 4.78 is 14.7. The molecule has 5 heteroatoms. The molecule has 2 heterocycles. The van der Waals surface area contributed by atoms with Crippen LogP contribution in [0.1, 0.15) is 11.3 Å². The largest absolute Gasteiger partial charge is 0.307 e. The number of benzene rings is 1. The molecule has 1 N–H and O–H groups in total. The molecule has 0 bridgehead atoms. The molecule has 0 amide bonds. The van der Waals surface area contributed by atoms with Crippen LogP contribution in [0.15, 0.2) is 48.8 Å². The maximum atomic E-state index is 12.8. The Bertz CT molecular complexity index is 722. The summed E-state index contributed by atoms with van der Waals surface area (Å²) in [6, 6.07) is 10.2. The molecule has 1 aromatic carbocycles. The van der Waals surface area contributed by atoms with Crippen LogP contribution in [-0.4, -0.2) is 9.38 Å². The second-order valence-electron chi connectivity index (χ2n) is 4.58. The minimum absolute atomic E-state index is 0.217. The summed E-state index contributed by atoms with van der Waals surface area (Å²) in [5.41, 5.74) is 2.85. The minimum Gasteiger partial charge on any atom is -0.307 e. The highest BCUT2D eigenvalue weighted by atomic mass is 35.5. The number of aromatic nitrogens is 2. The molecule has 3 rings (SSSR count). The third kappa shape index (κ3) is 2.98. The topological polar surface area (TPSA) is 29.3 Å². The number of imidazole rings is 1. The van der Waals surface area contributed by atoms with Crippen molar-refractivity contribution in [1.82, 2.24) is 14.7 Å². The third-order valence-electron chi connectivity index (χ3n) is 3.01. The van der Waals surface area contributed by atoms with Gasteiger partial charge in [0.15, 0.2) is 0 Å². The number of halogens is 2. The normalized spacial score (nSPS) is 11.1. The number of pyridine rings is 1. The SMILES string of the molecule is Fc1ccc(CNCc2cn3cc(Cl)ccc3n2)cc1. The first kappa shape index (κ1) is 13.1. The Morgan fingerprint density at radius 2 is 1.85 bits per heavy atom. The third-order valence-corrected chi connectivity index (χ3v) is 3.24. The smallest absolute Gasteiger partial charge is 0.137 e. The molecule has 0 aliphatic rings. The molecule has 3 aromatic rings. The molecule has 102 valence electrons. The lowest BCUT2D eigenvalue weighted by molar-refractivity contribution is 0.624. The molecule has 0 unspecified atom stereocenters. The summed E-state index contributed by atoms with van der Waals surface area (Å²) in [7, 11) is 0. The molecule has 0 saturated heterocycles. The molecule has 0 aliphatic heterocycles. The van der Waals surface area contributed by atoms with Crippen molar-refractivity contribution < 1.29 is 4.39 Å². The maximum Gasteiger partial charge on any atom is 0.137 e. The monoisotopic (exact) mass is 289 g/mol. The zero-order valence-corrected chi connectivity index (χ0v) is 11.4. The van der Waals surface area contributed by atoms with Crippen molar-refractivity contribution in [2.75, 3.05) is 0 Å². The van der Waals surface area contributed by atoms with Crippen LogP contribution in [0.25, 0.3) is 5.65 Å². The van der Waals surface area contributed by atoms with Crippen molar-refractivity contribution in [3.8, 4) is 0 Å². The van der Waals surface area contributed by atoms with E-state index in [0.717, 1.165) is 16.9 Å². The number of hydrogen-bond acceptors (Lipinski definition) is 2. The van der Waals surface area contributed by atoms with E-state index in [9.17, 15) is 4.39 Å². The van der Waals surface area contributed by atoms with Crippen LogP contribution in [0.2, 0.25) is 5.02 Å². The summed E-state index contributed by atoms with van der Waals surface area (Å²) in [5, 5.41) is 3.96. The fourth-order valence-electron chi connectivity index (χ4n) is 2.04. The Balaban J connectivity index is 1.63. The highest BCUT2D eigenvalue weighted by Gasteiger charge is 2.02. The summed E-state index contributed by atoms with van der Waals surface area (Å²) in [6.07, 6.45) is 3.77. The first-order valence-electron chi connectivity index (χ1n) is 6.29. The first-order valence-corrected chi connectivity index (χ1v) is 6.67. The van der Waals surface area contributed by atoms with E-state index >= 15 is 0 Å². The first-order chi connectivity index (χ1) is 9.70. The average Bonchev–Trinajstić information content (AvgIpc) is 2.83. The molecular formula is C15H13ClFN3. The molecular weight excluding hydrogens is 277 g/mol. The van der Waals surface area contributed by atoms with Gasteiger partial charge in [0.25, 0.3) is 0 Å². The molecule has 0 fully saturated rings. The highest BCUT2D eigenvalue weighted by Crippen LogP contribution is 2.11. The Hall–Kier alpha value is -1.91. The molecule has 0 atom stereocenters. The lowest BCUT2D eigenvalue weighted by atomic mass is 10.2. The number of hydrogen-bond donors (Lipinski definition) is 1. The van der Waals surface area contributed by atoms with E-state index in [0.29, 0.717) is 18.1 Å². The maximum absolute atomic E-state index is 12.8.